The second kappa shape index (κ2) is 4.45. The quantitative estimate of drug-likeness (QED) is 0.784. The molecule has 0 spiro atoms. The van der Waals surface area contributed by atoms with Gasteiger partial charge >= 0.3 is 0 Å². The van der Waals surface area contributed by atoms with E-state index in [1.807, 2.05) is 11.3 Å². The van der Waals surface area contributed by atoms with E-state index in [9.17, 15) is 0 Å². The molecule has 1 aliphatic carbocycles. The van der Waals surface area contributed by atoms with E-state index in [4.69, 9.17) is 0 Å². The molecule has 14 heavy (non-hydrogen) atoms. The molecular weight excluding hydrogens is 190 g/mol. The zero-order chi connectivity index (χ0) is 9.97. The molecule has 0 aromatic carbocycles. The highest BCUT2D eigenvalue weighted by molar-refractivity contribution is 7.10. The molecule has 1 atom stereocenters. The predicted octanol–water partition coefficient (Wildman–Crippen LogP) is 3.30. The Balaban J connectivity index is 1.76. The van der Waals surface area contributed by atoms with Crippen LogP contribution in [0.2, 0.25) is 0 Å². The van der Waals surface area contributed by atoms with Gasteiger partial charge in [-0.1, -0.05) is 6.92 Å². The maximum absolute atomic E-state index is 3.57. The van der Waals surface area contributed by atoms with Crippen LogP contribution in [0.15, 0.2) is 11.4 Å². The van der Waals surface area contributed by atoms with Gasteiger partial charge in [-0.3, -0.25) is 0 Å². The van der Waals surface area contributed by atoms with Crippen molar-refractivity contribution in [3.63, 3.8) is 0 Å². The zero-order valence-corrected chi connectivity index (χ0v) is 9.86. The maximum Gasteiger partial charge on any atom is 0.0103 e. The van der Waals surface area contributed by atoms with Crippen molar-refractivity contribution in [2.45, 2.75) is 45.1 Å². The van der Waals surface area contributed by atoms with Gasteiger partial charge in [0.2, 0.25) is 0 Å². The fraction of sp³-hybridized carbons (Fsp3) is 0.667. The summed E-state index contributed by atoms with van der Waals surface area (Å²) in [4.78, 5) is 1.57. The fourth-order valence-electron chi connectivity index (χ4n) is 1.81. The number of rotatable bonds is 5. The van der Waals surface area contributed by atoms with Gasteiger partial charge in [0.15, 0.2) is 0 Å². The van der Waals surface area contributed by atoms with Crippen LogP contribution < -0.4 is 5.32 Å². The van der Waals surface area contributed by atoms with E-state index >= 15 is 0 Å². The molecule has 0 aliphatic heterocycles. The van der Waals surface area contributed by atoms with Gasteiger partial charge in [-0.05, 0) is 55.7 Å². The summed E-state index contributed by atoms with van der Waals surface area (Å²) >= 11 is 1.90. The summed E-state index contributed by atoms with van der Waals surface area (Å²) < 4.78 is 0. The molecule has 2 rings (SSSR count). The van der Waals surface area contributed by atoms with E-state index < -0.39 is 0 Å². The summed E-state index contributed by atoms with van der Waals surface area (Å²) in [5.41, 5.74) is 1.47. The Morgan fingerprint density at radius 1 is 1.57 bits per heavy atom. The zero-order valence-electron chi connectivity index (χ0n) is 9.05. The highest BCUT2D eigenvalue weighted by atomic mass is 32.1. The molecule has 1 aromatic heterocycles. The van der Waals surface area contributed by atoms with Crippen molar-refractivity contribution in [1.82, 2.24) is 5.32 Å². The lowest BCUT2D eigenvalue weighted by atomic mass is 10.0. The van der Waals surface area contributed by atoms with Crippen LogP contribution >= 0.6 is 11.3 Å². The lowest BCUT2D eigenvalue weighted by Crippen LogP contribution is -2.18. The second-order valence-electron chi connectivity index (χ2n) is 4.39. The highest BCUT2D eigenvalue weighted by Gasteiger charge is 2.20. The monoisotopic (exact) mass is 209 g/mol. The van der Waals surface area contributed by atoms with Gasteiger partial charge in [-0.15, -0.1) is 11.3 Å². The van der Waals surface area contributed by atoms with Crippen molar-refractivity contribution < 1.29 is 0 Å². The van der Waals surface area contributed by atoms with E-state index in [2.05, 4.69) is 30.6 Å². The van der Waals surface area contributed by atoms with E-state index in [-0.39, 0.29) is 0 Å². The van der Waals surface area contributed by atoms with Crippen LogP contribution in [0.3, 0.4) is 0 Å². The molecule has 1 N–H and O–H groups in total. The van der Waals surface area contributed by atoms with Crippen molar-refractivity contribution in [1.29, 1.82) is 0 Å². The van der Waals surface area contributed by atoms with Crippen LogP contribution in [0.4, 0.5) is 0 Å². The van der Waals surface area contributed by atoms with Crippen molar-refractivity contribution >= 4 is 11.3 Å². The summed E-state index contributed by atoms with van der Waals surface area (Å²) in [7, 11) is 0. The smallest absolute Gasteiger partial charge is 0.0103 e. The van der Waals surface area contributed by atoms with Gasteiger partial charge in [0.1, 0.15) is 0 Å². The summed E-state index contributed by atoms with van der Waals surface area (Å²) in [6.07, 6.45) is 4.07. The number of hydrogen-bond donors (Lipinski definition) is 1. The summed E-state index contributed by atoms with van der Waals surface area (Å²) in [6.45, 7) is 5.74. The van der Waals surface area contributed by atoms with Crippen molar-refractivity contribution in [3.05, 3.63) is 21.9 Å². The molecule has 0 bridgehead atoms. The Bertz CT molecular complexity index is 288. The topological polar surface area (TPSA) is 12.0 Å². The number of nitrogens with one attached hydrogen (secondary N) is 1. The van der Waals surface area contributed by atoms with Crippen LogP contribution in [0.25, 0.3) is 0 Å². The van der Waals surface area contributed by atoms with Crippen LogP contribution in [0, 0.1) is 6.92 Å². The molecule has 1 nitrogen and oxygen atoms in total. The number of aryl methyl sites for hydroxylation is 1. The summed E-state index contributed by atoms with van der Waals surface area (Å²) in [6, 6.07) is 3.08. The molecule has 1 heterocycles. The SMILES string of the molecule is Cc1ccsc1C(C)CCNC1CC1. The minimum absolute atomic E-state index is 0.723. The predicted molar refractivity (Wildman–Crippen MR) is 63.1 cm³/mol. The minimum Gasteiger partial charge on any atom is -0.314 e. The van der Waals surface area contributed by atoms with Crippen molar-refractivity contribution in [2.75, 3.05) is 6.54 Å². The molecule has 0 saturated heterocycles. The maximum atomic E-state index is 3.57. The van der Waals surface area contributed by atoms with E-state index in [1.165, 1.54) is 31.4 Å². The Morgan fingerprint density at radius 2 is 2.36 bits per heavy atom. The van der Waals surface area contributed by atoms with Gasteiger partial charge in [0, 0.05) is 10.9 Å². The van der Waals surface area contributed by atoms with Crippen LogP contribution in [-0.2, 0) is 0 Å². The van der Waals surface area contributed by atoms with Gasteiger partial charge in [-0.25, -0.2) is 0 Å². The van der Waals surface area contributed by atoms with Gasteiger partial charge in [0.05, 0.1) is 0 Å². The van der Waals surface area contributed by atoms with Gasteiger partial charge < -0.3 is 5.32 Å². The third kappa shape index (κ3) is 2.58. The molecule has 2 heteroatoms. The third-order valence-corrected chi connectivity index (χ3v) is 4.19. The average molecular weight is 209 g/mol. The Kier molecular flexibility index (Phi) is 3.24. The normalized spacial score (nSPS) is 18.4. The molecule has 1 saturated carbocycles. The van der Waals surface area contributed by atoms with E-state index in [0.29, 0.717) is 0 Å². The lowest BCUT2D eigenvalue weighted by molar-refractivity contribution is 0.595. The first-order chi connectivity index (χ1) is 6.77. The Morgan fingerprint density at radius 3 is 2.93 bits per heavy atom. The summed E-state index contributed by atoms with van der Waals surface area (Å²) in [5.74, 6) is 0.723. The molecule has 1 fully saturated rings. The average Bonchev–Trinajstić information content (AvgIpc) is 2.87. The van der Waals surface area contributed by atoms with Crippen molar-refractivity contribution in [3.8, 4) is 0 Å². The third-order valence-electron chi connectivity index (χ3n) is 2.94. The van der Waals surface area contributed by atoms with Crippen molar-refractivity contribution in [2.24, 2.45) is 0 Å². The Hall–Kier alpha value is -0.340. The van der Waals surface area contributed by atoms with Gasteiger partial charge in [-0.2, -0.15) is 0 Å². The van der Waals surface area contributed by atoms with E-state index in [0.717, 1.165) is 12.0 Å². The lowest BCUT2D eigenvalue weighted by Gasteiger charge is -2.11. The van der Waals surface area contributed by atoms with Crippen LogP contribution in [0.1, 0.15) is 42.5 Å². The molecule has 1 aliphatic rings. The Labute approximate surface area is 90.5 Å². The molecular formula is C12H19NS. The first-order valence-corrected chi connectivity index (χ1v) is 6.42. The highest BCUT2D eigenvalue weighted by Crippen LogP contribution is 2.27. The molecule has 0 radical (unpaired) electrons. The van der Waals surface area contributed by atoms with Crippen LogP contribution in [0.5, 0.6) is 0 Å². The van der Waals surface area contributed by atoms with Gasteiger partial charge in [0.25, 0.3) is 0 Å². The first-order valence-electron chi connectivity index (χ1n) is 5.54. The first kappa shape index (κ1) is 10.2. The molecule has 0 amide bonds. The number of hydrogen-bond acceptors (Lipinski definition) is 2. The summed E-state index contributed by atoms with van der Waals surface area (Å²) in [5, 5.41) is 5.78. The molecule has 1 unspecified atom stereocenters. The minimum atomic E-state index is 0.723. The largest absolute Gasteiger partial charge is 0.314 e. The van der Waals surface area contributed by atoms with Crippen LogP contribution in [-0.4, -0.2) is 12.6 Å². The molecule has 78 valence electrons. The fourth-order valence-corrected chi connectivity index (χ4v) is 2.83. The standard InChI is InChI=1S/C12H19NS/c1-9(5-7-13-11-3-4-11)12-10(2)6-8-14-12/h6,8-9,11,13H,3-5,7H2,1-2H3. The molecule has 1 aromatic rings. The number of thiophene rings is 1. The van der Waals surface area contributed by atoms with E-state index in [1.54, 1.807) is 4.88 Å². The second-order valence-corrected chi connectivity index (χ2v) is 5.33.